The van der Waals surface area contributed by atoms with Gasteiger partial charge < -0.3 is 27.9 Å². The molecule has 0 radical (unpaired) electrons. The number of hydrogen-bond donors (Lipinski definition) is 0. The monoisotopic (exact) mass is 990 g/mol. The van der Waals surface area contributed by atoms with Crippen LogP contribution in [0.2, 0.25) is 0 Å². The van der Waals surface area contributed by atoms with Gasteiger partial charge >= 0.3 is 11.9 Å². The van der Waals surface area contributed by atoms with Gasteiger partial charge in [-0.15, -0.1) is 0 Å². The molecule has 0 aromatic carbocycles. The first-order chi connectivity index (χ1) is 33.5. The molecule has 0 spiro atoms. The molecule has 2 atom stereocenters. The van der Waals surface area contributed by atoms with E-state index in [0.717, 1.165) is 70.6 Å². The highest BCUT2D eigenvalue weighted by atomic mass is 31.2. The average molecular weight is 990 g/mol. The Balaban J connectivity index is 4.18. The zero-order valence-electron chi connectivity index (χ0n) is 45.5. The van der Waals surface area contributed by atoms with Gasteiger partial charge in [0.25, 0.3) is 7.82 Å². The van der Waals surface area contributed by atoms with E-state index >= 15 is 0 Å². The van der Waals surface area contributed by atoms with E-state index in [0.29, 0.717) is 17.4 Å². The van der Waals surface area contributed by atoms with Crippen molar-refractivity contribution in [2.24, 2.45) is 0 Å². The molecule has 0 aliphatic rings. The molecule has 0 N–H and O–H groups in total. The summed E-state index contributed by atoms with van der Waals surface area (Å²) in [6.07, 6.45) is 64.0. The van der Waals surface area contributed by atoms with Gasteiger partial charge in [-0.25, -0.2) is 0 Å². The number of carbonyl (C=O) groups is 2. The molecule has 0 aliphatic carbocycles. The van der Waals surface area contributed by atoms with Gasteiger partial charge in [-0.1, -0.05) is 216 Å². The molecule has 10 heteroatoms. The van der Waals surface area contributed by atoms with E-state index in [2.05, 4.69) is 74.6 Å². The Bertz CT molecular complexity index is 1350. The number of phosphoric ester groups is 1. The van der Waals surface area contributed by atoms with Crippen LogP contribution in [0.15, 0.2) is 60.8 Å². The molecule has 0 aliphatic heterocycles. The highest BCUT2D eigenvalue weighted by Gasteiger charge is 2.21. The molecular formula is C59H108NO8P. The summed E-state index contributed by atoms with van der Waals surface area (Å²) in [5.74, 6) is -0.840. The maximum Gasteiger partial charge on any atom is 0.306 e. The number of allylic oxidation sites excluding steroid dienone is 10. The standard InChI is InChI=1S/C59H108NO8P/c1-6-8-10-12-14-16-18-20-22-24-26-27-28-29-30-31-32-33-34-36-38-40-42-44-46-48-50-52-59(62)68-57(56-67-69(63,64)66-54-53-60(3,4)5)55-65-58(61)51-49-47-45-43-41-39-37-35-25-23-21-19-17-15-13-11-9-7-2/h17-20,23-26,28-29,57H,6-16,21-22,27,30-56H2,1-5H3/b19-17-,20-18-,25-23-,26-24-,29-28-. The van der Waals surface area contributed by atoms with Crippen LogP contribution in [0, 0.1) is 0 Å². The van der Waals surface area contributed by atoms with Crippen molar-refractivity contribution in [1.82, 2.24) is 0 Å². The summed E-state index contributed by atoms with van der Waals surface area (Å²) in [6.45, 7) is 4.21. The molecule has 0 aromatic rings. The number of carbonyl (C=O) groups excluding carboxylic acids is 2. The number of unbranched alkanes of at least 4 members (excludes halogenated alkanes) is 28. The number of phosphoric acid groups is 1. The molecule has 9 nitrogen and oxygen atoms in total. The zero-order chi connectivity index (χ0) is 50.6. The molecule has 0 aromatic heterocycles. The first kappa shape index (κ1) is 66.7. The third-order valence-corrected chi connectivity index (χ3v) is 13.2. The van der Waals surface area contributed by atoms with E-state index in [1.807, 2.05) is 21.1 Å². The Hall–Kier alpha value is -2.29. The van der Waals surface area contributed by atoms with Crippen molar-refractivity contribution in [2.75, 3.05) is 47.5 Å². The Labute approximate surface area is 426 Å². The van der Waals surface area contributed by atoms with Crippen LogP contribution in [0.1, 0.15) is 251 Å². The van der Waals surface area contributed by atoms with Crippen LogP contribution in [0.3, 0.4) is 0 Å². The number of esters is 2. The summed E-state index contributed by atoms with van der Waals surface area (Å²) in [4.78, 5) is 37.8. The zero-order valence-corrected chi connectivity index (χ0v) is 46.4. The number of nitrogens with zero attached hydrogens (tertiary/aromatic N) is 1. The predicted molar refractivity (Wildman–Crippen MR) is 291 cm³/mol. The van der Waals surface area contributed by atoms with Gasteiger partial charge in [-0.2, -0.15) is 0 Å². The fourth-order valence-corrected chi connectivity index (χ4v) is 8.54. The Kier molecular flexibility index (Phi) is 49.0. The minimum absolute atomic E-state index is 0.0341. The second-order valence-electron chi connectivity index (χ2n) is 20.3. The normalized spacial score (nSPS) is 13.8. The second-order valence-corrected chi connectivity index (χ2v) is 21.7. The van der Waals surface area contributed by atoms with Crippen molar-refractivity contribution in [1.29, 1.82) is 0 Å². The van der Waals surface area contributed by atoms with E-state index in [9.17, 15) is 19.0 Å². The van der Waals surface area contributed by atoms with Crippen LogP contribution in [0.5, 0.6) is 0 Å². The summed E-state index contributed by atoms with van der Waals surface area (Å²) in [5.41, 5.74) is 0. The van der Waals surface area contributed by atoms with E-state index in [1.54, 1.807) is 0 Å². The van der Waals surface area contributed by atoms with Gasteiger partial charge in [0.15, 0.2) is 6.10 Å². The van der Waals surface area contributed by atoms with Gasteiger partial charge in [-0.3, -0.25) is 14.2 Å². The molecule has 0 amide bonds. The van der Waals surface area contributed by atoms with Gasteiger partial charge in [0, 0.05) is 12.8 Å². The Morgan fingerprint density at radius 1 is 0.449 bits per heavy atom. The Morgan fingerprint density at radius 2 is 0.783 bits per heavy atom. The van der Waals surface area contributed by atoms with Gasteiger partial charge in [0.05, 0.1) is 27.7 Å². The number of hydrogen-bond acceptors (Lipinski definition) is 8. The van der Waals surface area contributed by atoms with Crippen LogP contribution < -0.4 is 4.89 Å². The van der Waals surface area contributed by atoms with Crippen molar-refractivity contribution in [2.45, 2.75) is 258 Å². The molecule has 0 saturated heterocycles. The number of ether oxygens (including phenoxy) is 2. The van der Waals surface area contributed by atoms with Crippen molar-refractivity contribution >= 4 is 19.8 Å². The van der Waals surface area contributed by atoms with Crippen molar-refractivity contribution in [3.63, 3.8) is 0 Å². The quantitative estimate of drug-likeness (QED) is 0.0195. The SMILES string of the molecule is CCCCCC/C=C\C/C=C\CCCCCCCCCC(=O)OCC(COP(=O)([O-])OCC[N+](C)(C)C)OC(=O)CCCCCCCCCCCCCC/C=C\C/C=C\C/C=C\CCCCCCC. The van der Waals surface area contributed by atoms with Gasteiger partial charge in [0.2, 0.25) is 0 Å². The summed E-state index contributed by atoms with van der Waals surface area (Å²) in [7, 11) is 1.16. The minimum atomic E-state index is -4.64. The molecule has 2 unspecified atom stereocenters. The number of quaternary nitrogens is 1. The lowest BCUT2D eigenvalue weighted by atomic mass is 10.0. The fraction of sp³-hybridized carbons (Fsp3) is 0.797. The lowest BCUT2D eigenvalue weighted by Crippen LogP contribution is -2.37. The van der Waals surface area contributed by atoms with Crippen LogP contribution in [0.4, 0.5) is 0 Å². The van der Waals surface area contributed by atoms with Crippen molar-refractivity contribution < 1.29 is 42.1 Å². The largest absolute Gasteiger partial charge is 0.756 e. The molecule has 402 valence electrons. The molecule has 69 heavy (non-hydrogen) atoms. The van der Waals surface area contributed by atoms with Crippen LogP contribution in [0.25, 0.3) is 0 Å². The molecular weight excluding hydrogens is 882 g/mol. The molecule has 0 bridgehead atoms. The number of likely N-dealkylation sites (N-methyl/N-ethyl adjacent to an activating group) is 1. The van der Waals surface area contributed by atoms with E-state index < -0.39 is 32.5 Å². The second kappa shape index (κ2) is 50.6. The predicted octanol–water partition coefficient (Wildman–Crippen LogP) is 16.9. The van der Waals surface area contributed by atoms with E-state index in [4.69, 9.17) is 18.5 Å². The first-order valence-electron chi connectivity index (χ1n) is 28.5. The average Bonchev–Trinajstić information content (AvgIpc) is 3.31. The lowest BCUT2D eigenvalue weighted by molar-refractivity contribution is -0.870. The van der Waals surface area contributed by atoms with Crippen LogP contribution >= 0.6 is 7.82 Å². The topological polar surface area (TPSA) is 111 Å². The molecule has 0 fully saturated rings. The summed E-state index contributed by atoms with van der Waals surface area (Å²) < 4.78 is 34.1. The third kappa shape index (κ3) is 54.9. The van der Waals surface area contributed by atoms with Crippen LogP contribution in [-0.4, -0.2) is 70.0 Å². The van der Waals surface area contributed by atoms with Crippen molar-refractivity contribution in [3.05, 3.63) is 60.8 Å². The minimum Gasteiger partial charge on any atom is -0.756 e. The first-order valence-corrected chi connectivity index (χ1v) is 30.0. The van der Waals surface area contributed by atoms with Gasteiger partial charge in [-0.05, 0) is 83.5 Å². The maximum atomic E-state index is 12.8. The van der Waals surface area contributed by atoms with E-state index in [-0.39, 0.29) is 26.1 Å². The molecule has 0 saturated carbocycles. The lowest BCUT2D eigenvalue weighted by Gasteiger charge is -2.28. The highest BCUT2D eigenvalue weighted by Crippen LogP contribution is 2.38. The van der Waals surface area contributed by atoms with Crippen molar-refractivity contribution in [3.8, 4) is 0 Å². The van der Waals surface area contributed by atoms with Crippen LogP contribution in [-0.2, 0) is 32.7 Å². The summed E-state index contributed by atoms with van der Waals surface area (Å²) in [6, 6.07) is 0. The maximum absolute atomic E-state index is 12.8. The molecule has 0 heterocycles. The summed E-state index contributed by atoms with van der Waals surface area (Å²) in [5, 5.41) is 0. The smallest absolute Gasteiger partial charge is 0.306 e. The highest BCUT2D eigenvalue weighted by molar-refractivity contribution is 7.45. The summed E-state index contributed by atoms with van der Waals surface area (Å²) >= 11 is 0. The van der Waals surface area contributed by atoms with Gasteiger partial charge in [0.1, 0.15) is 19.8 Å². The Morgan fingerprint density at radius 3 is 1.17 bits per heavy atom. The molecule has 0 rings (SSSR count). The number of rotatable bonds is 52. The third-order valence-electron chi connectivity index (χ3n) is 12.3. The van der Waals surface area contributed by atoms with E-state index in [1.165, 1.54) is 148 Å². The fourth-order valence-electron chi connectivity index (χ4n) is 7.81.